The highest BCUT2D eigenvalue weighted by Crippen LogP contribution is 2.22. The Morgan fingerprint density at radius 2 is 1.87 bits per heavy atom. The molecule has 0 fully saturated rings. The standard InChI is InChI=1S/C23H30ClN5O2/c1-4-26-23(27-13-11-17-7-5-8-18(15-17)22(31)25-3)28-14-12-21(30)29-20-10-6-9-19(24)16(20)2/h5-10,15H,4,11-14H2,1-3H3,(H,25,31)(H,29,30)(H2,26,27,28). The summed E-state index contributed by atoms with van der Waals surface area (Å²) in [5.74, 6) is 0.434. The van der Waals surface area contributed by atoms with Crippen LogP contribution in [-0.2, 0) is 11.2 Å². The highest BCUT2D eigenvalue weighted by atomic mass is 35.5. The van der Waals surface area contributed by atoms with Gasteiger partial charge in [0.25, 0.3) is 5.91 Å². The van der Waals surface area contributed by atoms with Crippen LogP contribution in [0.2, 0.25) is 5.02 Å². The third-order valence-electron chi connectivity index (χ3n) is 4.62. The molecule has 0 radical (unpaired) electrons. The van der Waals surface area contributed by atoms with Crippen LogP contribution in [0.25, 0.3) is 0 Å². The molecule has 2 aromatic rings. The average Bonchev–Trinajstić information content (AvgIpc) is 2.76. The van der Waals surface area contributed by atoms with Gasteiger partial charge in [0.05, 0.1) is 6.54 Å². The molecule has 0 saturated heterocycles. The topological polar surface area (TPSA) is 94.6 Å². The van der Waals surface area contributed by atoms with E-state index in [4.69, 9.17) is 11.6 Å². The fraction of sp³-hybridized carbons (Fsp3) is 0.348. The Morgan fingerprint density at radius 3 is 2.61 bits per heavy atom. The zero-order chi connectivity index (χ0) is 22.6. The molecule has 166 valence electrons. The zero-order valence-electron chi connectivity index (χ0n) is 18.2. The van der Waals surface area contributed by atoms with Crippen LogP contribution < -0.4 is 21.3 Å². The van der Waals surface area contributed by atoms with Crippen molar-refractivity contribution in [2.24, 2.45) is 4.99 Å². The van der Waals surface area contributed by atoms with Gasteiger partial charge < -0.3 is 21.3 Å². The number of hydrogen-bond donors (Lipinski definition) is 4. The van der Waals surface area contributed by atoms with Gasteiger partial charge in [-0.15, -0.1) is 0 Å². The number of benzene rings is 2. The second-order valence-electron chi connectivity index (χ2n) is 6.93. The Morgan fingerprint density at radius 1 is 1.10 bits per heavy atom. The van der Waals surface area contributed by atoms with Gasteiger partial charge in [-0.2, -0.15) is 0 Å². The van der Waals surface area contributed by atoms with E-state index < -0.39 is 0 Å². The molecule has 0 aliphatic heterocycles. The van der Waals surface area contributed by atoms with Gasteiger partial charge in [0.1, 0.15) is 0 Å². The number of aliphatic imine (C=N–C) groups is 1. The summed E-state index contributed by atoms with van der Waals surface area (Å²) in [7, 11) is 1.62. The van der Waals surface area contributed by atoms with E-state index >= 15 is 0 Å². The minimum Gasteiger partial charge on any atom is -0.357 e. The van der Waals surface area contributed by atoms with E-state index in [0.29, 0.717) is 41.9 Å². The largest absolute Gasteiger partial charge is 0.357 e. The Kier molecular flexibility index (Phi) is 9.84. The summed E-state index contributed by atoms with van der Waals surface area (Å²) in [5.41, 5.74) is 3.25. The lowest BCUT2D eigenvalue weighted by atomic mass is 10.1. The fourth-order valence-corrected chi connectivity index (χ4v) is 3.08. The van der Waals surface area contributed by atoms with Gasteiger partial charge in [-0.3, -0.25) is 14.6 Å². The van der Waals surface area contributed by atoms with Gasteiger partial charge in [0.2, 0.25) is 5.91 Å². The molecule has 0 unspecified atom stereocenters. The predicted molar refractivity (Wildman–Crippen MR) is 127 cm³/mol. The number of anilines is 1. The van der Waals surface area contributed by atoms with Crippen LogP contribution in [0.15, 0.2) is 47.5 Å². The normalized spacial score (nSPS) is 11.0. The van der Waals surface area contributed by atoms with E-state index in [0.717, 1.165) is 17.5 Å². The summed E-state index contributed by atoms with van der Waals surface area (Å²) in [5, 5.41) is 12.6. The van der Waals surface area contributed by atoms with Crippen LogP contribution in [0.3, 0.4) is 0 Å². The highest BCUT2D eigenvalue weighted by molar-refractivity contribution is 6.31. The maximum absolute atomic E-state index is 12.2. The molecule has 0 bridgehead atoms. The van der Waals surface area contributed by atoms with Crippen LogP contribution in [0, 0.1) is 6.92 Å². The Labute approximate surface area is 188 Å². The molecule has 7 nitrogen and oxygen atoms in total. The predicted octanol–water partition coefficient (Wildman–Crippen LogP) is 3.13. The Balaban J connectivity index is 1.84. The first-order valence-corrected chi connectivity index (χ1v) is 10.7. The van der Waals surface area contributed by atoms with Crippen LogP contribution in [0.5, 0.6) is 0 Å². The molecule has 0 aromatic heterocycles. The number of guanidine groups is 1. The maximum atomic E-state index is 12.2. The van der Waals surface area contributed by atoms with Crippen molar-refractivity contribution < 1.29 is 9.59 Å². The quantitative estimate of drug-likeness (QED) is 0.353. The molecule has 2 rings (SSSR count). The van der Waals surface area contributed by atoms with Crippen molar-refractivity contribution in [1.82, 2.24) is 16.0 Å². The second-order valence-corrected chi connectivity index (χ2v) is 7.33. The Hall–Kier alpha value is -3.06. The van der Waals surface area contributed by atoms with Gasteiger partial charge in [0, 0.05) is 42.8 Å². The summed E-state index contributed by atoms with van der Waals surface area (Å²) in [6, 6.07) is 13.0. The molecule has 2 aromatic carbocycles. The highest BCUT2D eigenvalue weighted by Gasteiger charge is 2.07. The number of halogens is 1. The summed E-state index contributed by atoms with van der Waals surface area (Å²) in [6.45, 7) is 5.57. The van der Waals surface area contributed by atoms with Crippen molar-refractivity contribution in [2.75, 3.05) is 32.0 Å². The minimum atomic E-state index is -0.115. The zero-order valence-corrected chi connectivity index (χ0v) is 19.0. The van der Waals surface area contributed by atoms with Crippen LogP contribution in [0.1, 0.15) is 34.8 Å². The van der Waals surface area contributed by atoms with Crippen LogP contribution >= 0.6 is 11.6 Å². The monoisotopic (exact) mass is 443 g/mol. The first-order chi connectivity index (χ1) is 14.9. The summed E-state index contributed by atoms with van der Waals surface area (Å²) >= 11 is 6.09. The molecule has 31 heavy (non-hydrogen) atoms. The number of carbonyl (C=O) groups excluding carboxylic acids is 2. The van der Waals surface area contributed by atoms with Gasteiger partial charge in [-0.1, -0.05) is 29.8 Å². The van der Waals surface area contributed by atoms with Crippen LogP contribution in [-0.4, -0.2) is 44.5 Å². The number of rotatable bonds is 9. The Bertz CT molecular complexity index is 930. The molecule has 0 spiro atoms. The number of nitrogens with zero attached hydrogens (tertiary/aromatic N) is 1. The molecule has 0 atom stereocenters. The van der Waals surface area contributed by atoms with Crippen molar-refractivity contribution in [2.45, 2.75) is 26.7 Å². The lowest BCUT2D eigenvalue weighted by molar-refractivity contribution is -0.116. The molecule has 8 heteroatoms. The second kappa shape index (κ2) is 12.6. The fourth-order valence-electron chi connectivity index (χ4n) is 2.90. The molecule has 4 N–H and O–H groups in total. The van der Waals surface area contributed by atoms with E-state index in [1.165, 1.54) is 0 Å². The van der Waals surface area contributed by atoms with E-state index in [9.17, 15) is 9.59 Å². The molecule has 0 heterocycles. The lowest BCUT2D eigenvalue weighted by Crippen LogP contribution is -2.38. The van der Waals surface area contributed by atoms with E-state index in [1.54, 1.807) is 25.2 Å². The molecule has 0 aliphatic carbocycles. The number of hydrogen-bond acceptors (Lipinski definition) is 3. The van der Waals surface area contributed by atoms with Gasteiger partial charge in [-0.05, 0) is 55.7 Å². The van der Waals surface area contributed by atoms with Crippen LogP contribution in [0.4, 0.5) is 5.69 Å². The van der Waals surface area contributed by atoms with Crippen molar-refractivity contribution in [3.05, 3.63) is 64.2 Å². The molecule has 2 amide bonds. The number of amides is 2. The van der Waals surface area contributed by atoms with Crippen molar-refractivity contribution >= 4 is 35.1 Å². The third kappa shape index (κ3) is 7.94. The van der Waals surface area contributed by atoms with Crippen molar-refractivity contribution in [1.29, 1.82) is 0 Å². The van der Waals surface area contributed by atoms with Gasteiger partial charge in [-0.25, -0.2) is 0 Å². The molecular weight excluding hydrogens is 414 g/mol. The van der Waals surface area contributed by atoms with E-state index in [2.05, 4.69) is 26.3 Å². The lowest BCUT2D eigenvalue weighted by Gasteiger charge is -2.12. The molecule has 0 aliphatic rings. The minimum absolute atomic E-state index is 0.101. The summed E-state index contributed by atoms with van der Waals surface area (Å²) in [4.78, 5) is 28.5. The molecular formula is C23H30ClN5O2. The van der Waals surface area contributed by atoms with E-state index in [-0.39, 0.29) is 18.2 Å². The average molecular weight is 444 g/mol. The first kappa shape index (κ1) is 24.2. The SMILES string of the molecule is CCNC(=NCCC(=O)Nc1cccc(Cl)c1C)NCCc1cccc(C(=O)NC)c1. The first-order valence-electron chi connectivity index (χ1n) is 10.3. The van der Waals surface area contributed by atoms with E-state index in [1.807, 2.05) is 38.1 Å². The van der Waals surface area contributed by atoms with Gasteiger partial charge in [0.15, 0.2) is 5.96 Å². The summed E-state index contributed by atoms with van der Waals surface area (Å²) in [6.07, 6.45) is 1.00. The van der Waals surface area contributed by atoms with Crippen molar-refractivity contribution in [3.8, 4) is 0 Å². The van der Waals surface area contributed by atoms with Crippen molar-refractivity contribution in [3.63, 3.8) is 0 Å². The number of nitrogens with one attached hydrogen (secondary N) is 4. The third-order valence-corrected chi connectivity index (χ3v) is 5.03. The maximum Gasteiger partial charge on any atom is 0.251 e. The van der Waals surface area contributed by atoms with Gasteiger partial charge >= 0.3 is 0 Å². The smallest absolute Gasteiger partial charge is 0.251 e. The summed E-state index contributed by atoms with van der Waals surface area (Å²) < 4.78 is 0. The number of carbonyl (C=O) groups is 2. The molecule has 0 saturated carbocycles.